The van der Waals surface area contributed by atoms with Gasteiger partial charge in [0.25, 0.3) is 5.91 Å². The summed E-state index contributed by atoms with van der Waals surface area (Å²) in [5.74, 6) is 1.04. The van der Waals surface area contributed by atoms with Crippen LogP contribution in [0.1, 0.15) is 35.5 Å². The van der Waals surface area contributed by atoms with E-state index in [2.05, 4.69) is 15.6 Å². The molecule has 2 heterocycles. The van der Waals surface area contributed by atoms with Gasteiger partial charge in [0.05, 0.1) is 13.2 Å². The molecule has 0 radical (unpaired) electrons. The number of aromatic nitrogens is 2. The second-order valence-corrected chi connectivity index (χ2v) is 7.50. The Bertz CT molecular complexity index is 1290. The van der Waals surface area contributed by atoms with Crippen molar-refractivity contribution < 1.29 is 23.3 Å². The summed E-state index contributed by atoms with van der Waals surface area (Å²) in [4.78, 5) is 13.0. The number of hydrogen-bond acceptors (Lipinski definition) is 7. The van der Waals surface area contributed by atoms with Crippen LogP contribution in [0.3, 0.4) is 0 Å². The molecule has 0 saturated heterocycles. The van der Waals surface area contributed by atoms with Crippen molar-refractivity contribution in [3.63, 3.8) is 0 Å². The molecular formula is C23H22ClN3O5. The van der Waals surface area contributed by atoms with E-state index in [1.807, 2.05) is 20.8 Å². The molecule has 0 fully saturated rings. The van der Waals surface area contributed by atoms with Gasteiger partial charge in [0, 0.05) is 21.5 Å². The fourth-order valence-electron chi connectivity index (χ4n) is 3.38. The van der Waals surface area contributed by atoms with Crippen LogP contribution in [0.4, 0.5) is 5.82 Å². The number of carbonyl (C=O) groups is 1. The lowest BCUT2D eigenvalue weighted by Crippen LogP contribution is -2.13. The zero-order valence-electron chi connectivity index (χ0n) is 18.1. The van der Waals surface area contributed by atoms with Gasteiger partial charge in [-0.25, -0.2) is 4.63 Å². The van der Waals surface area contributed by atoms with Gasteiger partial charge in [0.1, 0.15) is 5.58 Å². The maximum atomic E-state index is 13.0. The molecule has 2 aromatic heterocycles. The summed E-state index contributed by atoms with van der Waals surface area (Å²) in [5.41, 5.74) is 3.13. The van der Waals surface area contributed by atoms with E-state index in [1.165, 1.54) is 0 Å². The van der Waals surface area contributed by atoms with Crippen molar-refractivity contribution in [3.05, 3.63) is 52.2 Å². The lowest BCUT2D eigenvalue weighted by atomic mass is 10.1. The van der Waals surface area contributed by atoms with Crippen LogP contribution in [0.25, 0.3) is 22.2 Å². The predicted octanol–water partition coefficient (Wildman–Crippen LogP) is 5.80. The van der Waals surface area contributed by atoms with Crippen molar-refractivity contribution in [1.82, 2.24) is 10.3 Å². The number of halogens is 1. The first-order chi connectivity index (χ1) is 15.4. The van der Waals surface area contributed by atoms with Crippen LogP contribution in [0.2, 0.25) is 5.02 Å². The number of ether oxygens (including phenoxy) is 2. The van der Waals surface area contributed by atoms with Crippen molar-refractivity contribution in [2.24, 2.45) is 0 Å². The van der Waals surface area contributed by atoms with E-state index in [-0.39, 0.29) is 11.6 Å². The SMILES string of the molecule is CCOc1ccc(-c2nonc2NC(=O)c2oc3cc(C)c(Cl)cc3c2C)cc1OCC. The number of amides is 1. The van der Waals surface area contributed by atoms with Gasteiger partial charge in [0.15, 0.2) is 23.0 Å². The van der Waals surface area contributed by atoms with Gasteiger partial charge in [-0.15, -0.1) is 0 Å². The highest BCUT2D eigenvalue weighted by molar-refractivity contribution is 6.32. The second-order valence-electron chi connectivity index (χ2n) is 7.10. The van der Waals surface area contributed by atoms with Crippen LogP contribution >= 0.6 is 11.6 Å². The summed E-state index contributed by atoms with van der Waals surface area (Å²) >= 11 is 6.23. The van der Waals surface area contributed by atoms with Crippen molar-refractivity contribution in [1.29, 1.82) is 0 Å². The minimum Gasteiger partial charge on any atom is -0.490 e. The first-order valence-electron chi connectivity index (χ1n) is 10.2. The quantitative estimate of drug-likeness (QED) is 0.375. The molecule has 0 spiro atoms. The Kier molecular flexibility index (Phi) is 6.05. The van der Waals surface area contributed by atoms with E-state index >= 15 is 0 Å². The summed E-state index contributed by atoms with van der Waals surface area (Å²) in [7, 11) is 0. The number of nitrogens with zero attached hydrogens (tertiary/aromatic N) is 2. The summed E-state index contributed by atoms with van der Waals surface area (Å²) in [6.07, 6.45) is 0. The van der Waals surface area contributed by atoms with Crippen LogP contribution in [0, 0.1) is 13.8 Å². The molecule has 0 saturated carbocycles. The molecule has 0 atom stereocenters. The van der Waals surface area contributed by atoms with Crippen molar-refractivity contribution in [2.45, 2.75) is 27.7 Å². The molecule has 0 aliphatic rings. The Labute approximate surface area is 189 Å². The highest BCUT2D eigenvalue weighted by Gasteiger charge is 2.23. The summed E-state index contributed by atoms with van der Waals surface area (Å²) in [6.45, 7) is 8.44. The first-order valence-corrected chi connectivity index (χ1v) is 10.5. The zero-order valence-corrected chi connectivity index (χ0v) is 18.9. The topological polar surface area (TPSA) is 99.6 Å². The number of nitrogens with one attached hydrogen (secondary N) is 1. The molecule has 4 aromatic rings. The summed E-state index contributed by atoms with van der Waals surface area (Å²) in [5, 5.41) is 11.9. The lowest BCUT2D eigenvalue weighted by Gasteiger charge is -2.11. The number of rotatable bonds is 7. The number of hydrogen-bond donors (Lipinski definition) is 1. The molecule has 0 unspecified atom stereocenters. The monoisotopic (exact) mass is 455 g/mol. The van der Waals surface area contributed by atoms with E-state index in [0.717, 1.165) is 10.9 Å². The molecule has 1 N–H and O–H groups in total. The Morgan fingerprint density at radius 1 is 1.06 bits per heavy atom. The van der Waals surface area contributed by atoms with Gasteiger partial charge in [-0.3, -0.25) is 10.1 Å². The van der Waals surface area contributed by atoms with Gasteiger partial charge in [-0.05, 0) is 73.9 Å². The normalized spacial score (nSPS) is 11.0. The molecule has 32 heavy (non-hydrogen) atoms. The smallest absolute Gasteiger partial charge is 0.292 e. The van der Waals surface area contributed by atoms with E-state index in [0.29, 0.717) is 52.1 Å². The number of aryl methyl sites for hydroxylation is 2. The van der Waals surface area contributed by atoms with Gasteiger partial charge < -0.3 is 13.9 Å². The third-order valence-corrected chi connectivity index (χ3v) is 5.37. The third kappa shape index (κ3) is 4.01. The average Bonchev–Trinajstić information content (AvgIpc) is 3.35. The Morgan fingerprint density at radius 3 is 2.56 bits per heavy atom. The molecule has 1 amide bonds. The minimum atomic E-state index is -0.472. The average molecular weight is 456 g/mol. The molecule has 9 heteroatoms. The van der Waals surface area contributed by atoms with Gasteiger partial charge in [-0.1, -0.05) is 11.6 Å². The molecular weight excluding hydrogens is 434 g/mol. The Balaban J connectivity index is 1.65. The maximum absolute atomic E-state index is 13.0. The fraction of sp³-hybridized carbons (Fsp3) is 0.261. The predicted molar refractivity (Wildman–Crippen MR) is 121 cm³/mol. The third-order valence-electron chi connectivity index (χ3n) is 4.96. The van der Waals surface area contributed by atoms with E-state index in [4.69, 9.17) is 30.1 Å². The molecule has 0 aliphatic carbocycles. The molecule has 4 rings (SSSR count). The second kappa shape index (κ2) is 8.92. The molecule has 2 aromatic carbocycles. The highest BCUT2D eigenvalue weighted by Crippen LogP contribution is 2.35. The lowest BCUT2D eigenvalue weighted by molar-refractivity contribution is 0.0997. The number of fused-ring (bicyclic) bond motifs is 1. The number of benzene rings is 2. The Morgan fingerprint density at radius 2 is 1.81 bits per heavy atom. The largest absolute Gasteiger partial charge is 0.490 e. The van der Waals surface area contributed by atoms with E-state index < -0.39 is 5.91 Å². The molecule has 0 bridgehead atoms. The van der Waals surface area contributed by atoms with Crippen molar-refractivity contribution in [2.75, 3.05) is 18.5 Å². The number of carbonyl (C=O) groups excluding carboxylic acids is 1. The van der Waals surface area contributed by atoms with Crippen LogP contribution < -0.4 is 14.8 Å². The Hall–Kier alpha value is -3.52. The van der Waals surface area contributed by atoms with Gasteiger partial charge >= 0.3 is 0 Å². The van der Waals surface area contributed by atoms with Crippen molar-refractivity contribution >= 4 is 34.3 Å². The van der Waals surface area contributed by atoms with Gasteiger partial charge in [-0.2, -0.15) is 0 Å². The molecule has 8 nitrogen and oxygen atoms in total. The first kappa shape index (κ1) is 21.7. The summed E-state index contributed by atoms with van der Waals surface area (Å²) < 4.78 is 22.0. The van der Waals surface area contributed by atoms with Crippen LogP contribution in [-0.4, -0.2) is 29.4 Å². The van der Waals surface area contributed by atoms with E-state index in [1.54, 1.807) is 37.3 Å². The van der Waals surface area contributed by atoms with Crippen LogP contribution in [-0.2, 0) is 0 Å². The van der Waals surface area contributed by atoms with Gasteiger partial charge in [0.2, 0.25) is 5.82 Å². The highest BCUT2D eigenvalue weighted by atomic mass is 35.5. The standard InChI is InChI=1S/C23H22ClN3O5/c1-5-29-17-8-7-14(10-19(17)30-6-2)20-22(27-32-26-20)25-23(28)21-13(4)15-11-16(24)12(3)9-18(15)31-21/h7-11H,5-6H2,1-4H3,(H,25,27,28). The zero-order chi connectivity index (χ0) is 22.8. The maximum Gasteiger partial charge on any atom is 0.292 e. The number of anilines is 1. The molecule has 0 aliphatic heterocycles. The number of furan rings is 1. The van der Waals surface area contributed by atoms with Crippen LogP contribution in [0.5, 0.6) is 11.5 Å². The minimum absolute atomic E-state index is 0.163. The molecule has 166 valence electrons. The fourth-order valence-corrected chi connectivity index (χ4v) is 3.54. The van der Waals surface area contributed by atoms with Crippen molar-refractivity contribution in [3.8, 4) is 22.8 Å². The van der Waals surface area contributed by atoms with E-state index in [9.17, 15) is 4.79 Å². The van der Waals surface area contributed by atoms with Crippen LogP contribution in [0.15, 0.2) is 39.4 Å². The summed E-state index contributed by atoms with van der Waals surface area (Å²) in [6, 6.07) is 8.93.